The van der Waals surface area contributed by atoms with Crippen LogP contribution in [0.4, 0.5) is 0 Å². The summed E-state index contributed by atoms with van der Waals surface area (Å²) >= 11 is 0. The first-order valence-corrected chi connectivity index (χ1v) is 14.3. The Bertz CT molecular complexity index is 1160. The lowest BCUT2D eigenvalue weighted by atomic mass is 9.50. The molecule has 13 atom stereocenters. The van der Waals surface area contributed by atoms with Crippen molar-refractivity contribution in [1.82, 2.24) is 0 Å². The molecular formula is C29H38O11. The summed E-state index contributed by atoms with van der Waals surface area (Å²) in [5.41, 5.74) is -3.54. The second-order valence-electron chi connectivity index (χ2n) is 13.2. The lowest BCUT2D eigenvalue weighted by Crippen LogP contribution is -2.69. The molecule has 7 aliphatic rings. The molecule has 2 N–H and O–H groups in total. The molecular weight excluding hydrogens is 524 g/mol. The molecule has 40 heavy (non-hydrogen) atoms. The lowest BCUT2D eigenvalue weighted by Gasteiger charge is -2.58. The number of epoxide rings is 3. The Labute approximate surface area is 232 Å². The van der Waals surface area contributed by atoms with Crippen LogP contribution in [0.15, 0.2) is 24.3 Å². The fraction of sp³-hybridized carbons (Fsp3) is 0.793. The predicted octanol–water partition coefficient (Wildman–Crippen LogP) is 0.736. The molecule has 2 saturated carbocycles. The minimum absolute atomic E-state index is 0.0139. The Morgan fingerprint density at radius 2 is 1.80 bits per heavy atom. The highest BCUT2D eigenvalue weighted by molar-refractivity contribution is 5.82. The van der Waals surface area contributed by atoms with Crippen molar-refractivity contribution < 1.29 is 53.0 Å². The van der Waals surface area contributed by atoms with Gasteiger partial charge in [0.15, 0.2) is 6.10 Å². The maximum Gasteiger partial charge on any atom is 0.338 e. The zero-order valence-electron chi connectivity index (χ0n) is 23.2. The fourth-order valence-electron chi connectivity index (χ4n) is 8.09. The van der Waals surface area contributed by atoms with Gasteiger partial charge in [0, 0.05) is 17.9 Å². The van der Waals surface area contributed by atoms with Gasteiger partial charge >= 0.3 is 11.9 Å². The van der Waals surface area contributed by atoms with Crippen LogP contribution >= 0.6 is 0 Å². The van der Waals surface area contributed by atoms with Gasteiger partial charge in [-0.1, -0.05) is 25.2 Å². The Hall–Kier alpha value is -1.86. The number of cyclic esters (lactones) is 1. The van der Waals surface area contributed by atoms with E-state index in [1.165, 1.54) is 12.2 Å². The molecule has 4 saturated heterocycles. The second-order valence-corrected chi connectivity index (χ2v) is 13.2. The largest absolute Gasteiger partial charge is 0.463 e. The number of esters is 2. The van der Waals surface area contributed by atoms with Crippen molar-refractivity contribution in [2.45, 2.75) is 113 Å². The fourth-order valence-corrected chi connectivity index (χ4v) is 8.09. The number of carbonyl (C=O) groups excluding carboxylic acids is 2. The van der Waals surface area contributed by atoms with E-state index in [9.17, 15) is 19.8 Å². The number of aliphatic hydroxyl groups is 2. The van der Waals surface area contributed by atoms with E-state index in [4.69, 9.17) is 33.2 Å². The quantitative estimate of drug-likeness (QED) is 0.344. The van der Waals surface area contributed by atoms with Crippen molar-refractivity contribution in [3.63, 3.8) is 0 Å². The van der Waals surface area contributed by atoms with Crippen LogP contribution in [0.1, 0.15) is 47.0 Å². The SMILES string of the molecule is C[C@@H](O)[C@@H]1C=C/C=C/C(=O)O[C@@H]2C[C@@H]3O[C@@H]4[C@@H]5O[C@]5(C)CCC4(COC(=O)[C@H]4O[C@]4(C)[C@@H](O)CO1)[C@]2(C)C31CO1. The second kappa shape index (κ2) is 8.59. The molecule has 5 heterocycles. The summed E-state index contributed by atoms with van der Waals surface area (Å²) < 4.78 is 42.6. The van der Waals surface area contributed by atoms with Crippen LogP contribution < -0.4 is 0 Å². The molecule has 11 nitrogen and oxygen atoms in total. The first-order chi connectivity index (χ1) is 18.9. The van der Waals surface area contributed by atoms with Crippen molar-refractivity contribution in [3.8, 4) is 0 Å². The van der Waals surface area contributed by atoms with Gasteiger partial charge in [0.1, 0.15) is 42.2 Å². The number of aliphatic hydroxyl groups excluding tert-OH is 2. The highest BCUT2D eigenvalue weighted by Crippen LogP contribution is 2.75. The van der Waals surface area contributed by atoms with Crippen LogP contribution in [0.25, 0.3) is 0 Å². The summed E-state index contributed by atoms with van der Waals surface area (Å²) in [5, 5.41) is 20.9. The molecule has 0 radical (unpaired) electrons. The van der Waals surface area contributed by atoms with Crippen LogP contribution in [-0.2, 0) is 42.7 Å². The summed E-state index contributed by atoms with van der Waals surface area (Å²) in [6.07, 6.45) is 2.83. The minimum Gasteiger partial charge on any atom is -0.463 e. The Balaban J connectivity index is 1.25. The molecule has 0 amide bonds. The zero-order chi connectivity index (χ0) is 28.3. The molecule has 6 fully saturated rings. The molecule has 220 valence electrons. The molecule has 0 aromatic rings. The number of allylic oxidation sites excluding steroid dienone is 2. The molecule has 0 aromatic carbocycles. The Morgan fingerprint density at radius 1 is 1.02 bits per heavy atom. The van der Waals surface area contributed by atoms with Crippen molar-refractivity contribution in [2.75, 3.05) is 19.8 Å². The van der Waals surface area contributed by atoms with Crippen molar-refractivity contribution in [1.29, 1.82) is 0 Å². The molecule has 11 heteroatoms. The van der Waals surface area contributed by atoms with Crippen LogP contribution in [0, 0.1) is 10.8 Å². The van der Waals surface area contributed by atoms with Gasteiger partial charge in [-0.15, -0.1) is 0 Å². The first-order valence-electron chi connectivity index (χ1n) is 14.3. The lowest BCUT2D eigenvalue weighted by molar-refractivity contribution is -0.251. The minimum atomic E-state index is -1.18. The van der Waals surface area contributed by atoms with Gasteiger partial charge in [-0.25, -0.2) is 9.59 Å². The molecule has 0 aromatic heterocycles. The van der Waals surface area contributed by atoms with Gasteiger partial charge < -0.3 is 43.4 Å². The standard InChI is InChI=1S/C29H38O11/c1-15(30)16-7-5-6-8-20(32)37-18-11-19-29(14-36-29)27(18,4)28(10-9-25(2)21(39-25)22(28)38-19)13-35-24(33)23-26(3,40-23)17(31)12-34-16/h5-8,15-19,21-23,30-31H,9-14H2,1-4H3/b7-5?,8-6+/t15-,16+,17+,18-,19+,21+,22-,23-,25-,26-,27-,28?,29?/m1/s1. The van der Waals surface area contributed by atoms with E-state index >= 15 is 0 Å². The van der Waals surface area contributed by atoms with Crippen molar-refractivity contribution in [2.24, 2.45) is 10.8 Å². The molecule has 7 rings (SSSR count). The predicted molar refractivity (Wildman–Crippen MR) is 135 cm³/mol. The summed E-state index contributed by atoms with van der Waals surface area (Å²) in [6, 6.07) is 0. The number of rotatable bonds is 1. The van der Waals surface area contributed by atoms with E-state index in [1.54, 1.807) is 26.0 Å². The Kier molecular flexibility index (Phi) is 5.80. The highest BCUT2D eigenvalue weighted by atomic mass is 16.7. The van der Waals surface area contributed by atoms with Gasteiger partial charge in [-0.05, 0) is 33.6 Å². The summed E-state index contributed by atoms with van der Waals surface area (Å²) in [5.74, 6) is -1.10. The van der Waals surface area contributed by atoms with Crippen LogP contribution in [0.2, 0.25) is 0 Å². The zero-order valence-corrected chi connectivity index (χ0v) is 23.2. The van der Waals surface area contributed by atoms with Gasteiger partial charge in [-0.3, -0.25) is 0 Å². The Morgan fingerprint density at radius 3 is 2.52 bits per heavy atom. The number of hydrogen-bond acceptors (Lipinski definition) is 11. The smallest absolute Gasteiger partial charge is 0.338 e. The van der Waals surface area contributed by atoms with E-state index in [0.717, 1.165) is 6.42 Å². The van der Waals surface area contributed by atoms with Crippen LogP contribution in [0.3, 0.4) is 0 Å². The van der Waals surface area contributed by atoms with Crippen molar-refractivity contribution in [3.05, 3.63) is 24.3 Å². The first kappa shape index (κ1) is 27.0. The van der Waals surface area contributed by atoms with Gasteiger partial charge in [0.05, 0.1) is 42.5 Å². The van der Waals surface area contributed by atoms with Gasteiger partial charge in [-0.2, -0.15) is 0 Å². The summed E-state index contributed by atoms with van der Waals surface area (Å²) in [7, 11) is 0. The normalized spacial score (nSPS) is 56.4. The van der Waals surface area contributed by atoms with Gasteiger partial charge in [0.2, 0.25) is 0 Å². The third-order valence-electron chi connectivity index (χ3n) is 11.1. The third kappa shape index (κ3) is 3.55. The summed E-state index contributed by atoms with van der Waals surface area (Å²) in [6.45, 7) is 7.67. The van der Waals surface area contributed by atoms with E-state index in [0.29, 0.717) is 19.4 Å². The number of ether oxygens (including phenoxy) is 7. The number of carbonyl (C=O) groups is 2. The van der Waals surface area contributed by atoms with E-state index in [2.05, 4.69) is 13.8 Å². The van der Waals surface area contributed by atoms with Crippen LogP contribution in [0.5, 0.6) is 0 Å². The number of hydrogen-bond donors (Lipinski definition) is 2. The molecule has 2 spiro atoms. The topological polar surface area (TPSA) is 149 Å². The van der Waals surface area contributed by atoms with E-state index in [-0.39, 0.29) is 37.1 Å². The molecule has 5 aliphatic heterocycles. The number of fused-ring (bicyclic) bond motifs is 3. The maximum atomic E-state index is 13.4. The van der Waals surface area contributed by atoms with Crippen LogP contribution in [-0.4, -0.2) is 108 Å². The van der Waals surface area contributed by atoms with E-state index < -0.39 is 64.5 Å². The van der Waals surface area contributed by atoms with Crippen molar-refractivity contribution >= 4 is 11.9 Å². The van der Waals surface area contributed by atoms with E-state index in [1.807, 2.05) is 0 Å². The molecule has 2 aliphatic carbocycles. The average Bonchev–Trinajstić information content (AvgIpc) is 3.81. The third-order valence-corrected chi connectivity index (χ3v) is 11.1. The summed E-state index contributed by atoms with van der Waals surface area (Å²) in [4.78, 5) is 26.4. The van der Waals surface area contributed by atoms with Gasteiger partial charge in [0.25, 0.3) is 0 Å². The molecule has 2 unspecified atom stereocenters. The highest BCUT2D eigenvalue weighted by Gasteiger charge is 2.86. The monoisotopic (exact) mass is 562 g/mol. The average molecular weight is 563 g/mol. The molecule has 2 bridgehead atoms. The maximum absolute atomic E-state index is 13.4.